The Morgan fingerprint density at radius 2 is 1.77 bits per heavy atom. The fraction of sp³-hybridized carbons (Fsp3) is 0.550. The van der Waals surface area contributed by atoms with Crippen molar-refractivity contribution in [2.24, 2.45) is 11.8 Å². The zero-order valence-corrected chi connectivity index (χ0v) is 14.6. The molecule has 0 unspecified atom stereocenters. The summed E-state index contributed by atoms with van der Waals surface area (Å²) < 4.78 is 0. The quantitative estimate of drug-likeness (QED) is 0.292. The number of carboxylic acids is 1. The lowest BCUT2D eigenvalue weighted by Crippen LogP contribution is -1.99. The minimum atomic E-state index is -0.862. The van der Waals surface area contributed by atoms with Crippen molar-refractivity contribution in [1.29, 1.82) is 0 Å². The molecule has 0 rings (SSSR count). The first-order chi connectivity index (χ1) is 10.3. The molecule has 0 heterocycles. The highest BCUT2D eigenvalue weighted by atomic mass is 16.4. The molecule has 1 atom stereocenters. The Kier molecular flexibility index (Phi) is 11.2. The van der Waals surface area contributed by atoms with Crippen LogP contribution in [0.1, 0.15) is 59.8 Å². The molecular formula is C20H32O2. The lowest BCUT2D eigenvalue weighted by Gasteiger charge is -2.13. The molecule has 0 radical (unpaired) electrons. The Bertz CT molecular complexity index is 425. The van der Waals surface area contributed by atoms with Gasteiger partial charge in [0.25, 0.3) is 0 Å². The Morgan fingerprint density at radius 3 is 2.36 bits per heavy atom. The van der Waals surface area contributed by atoms with Crippen molar-refractivity contribution in [1.82, 2.24) is 0 Å². The number of allylic oxidation sites excluding steroid dienone is 6. The van der Waals surface area contributed by atoms with E-state index in [2.05, 4.69) is 51.7 Å². The SMILES string of the molecule is C=C(CC/C=C/C=C/CC(C)C)C[C@@H](C)C/C(C)=C/C(=O)O. The van der Waals surface area contributed by atoms with Crippen LogP contribution in [-0.4, -0.2) is 11.1 Å². The molecule has 0 aromatic heterocycles. The van der Waals surface area contributed by atoms with Crippen molar-refractivity contribution >= 4 is 5.97 Å². The van der Waals surface area contributed by atoms with Crippen molar-refractivity contribution in [3.05, 3.63) is 48.1 Å². The molecule has 0 fully saturated rings. The highest BCUT2D eigenvalue weighted by molar-refractivity contribution is 5.80. The summed E-state index contributed by atoms with van der Waals surface area (Å²) in [5.74, 6) is 0.293. The molecule has 124 valence electrons. The minimum absolute atomic E-state index is 0.443. The molecule has 0 saturated carbocycles. The smallest absolute Gasteiger partial charge is 0.328 e. The molecule has 0 bridgehead atoms. The van der Waals surface area contributed by atoms with Gasteiger partial charge in [-0.2, -0.15) is 0 Å². The predicted molar refractivity (Wildman–Crippen MR) is 95.9 cm³/mol. The topological polar surface area (TPSA) is 37.3 Å². The van der Waals surface area contributed by atoms with Crippen molar-refractivity contribution in [3.8, 4) is 0 Å². The van der Waals surface area contributed by atoms with Gasteiger partial charge in [0.2, 0.25) is 0 Å². The van der Waals surface area contributed by atoms with Gasteiger partial charge in [-0.3, -0.25) is 0 Å². The Labute approximate surface area is 136 Å². The van der Waals surface area contributed by atoms with Crippen LogP contribution in [0.5, 0.6) is 0 Å². The van der Waals surface area contributed by atoms with Gasteiger partial charge in [-0.15, -0.1) is 0 Å². The summed E-state index contributed by atoms with van der Waals surface area (Å²) in [6.45, 7) is 12.6. The molecule has 1 N–H and O–H groups in total. The third kappa shape index (κ3) is 13.4. The molecule has 2 nitrogen and oxygen atoms in total. The monoisotopic (exact) mass is 304 g/mol. The van der Waals surface area contributed by atoms with E-state index in [0.29, 0.717) is 11.8 Å². The van der Waals surface area contributed by atoms with Crippen LogP contribution in [0.15, 0.2) is 48.1 Å². The summed E-state index contributed by atoms with van der Waals surface area (Å²) in [6.07, 6.45) is 14.8. The Balaban J connectivity index is 3.92. The van der Waals surface area contributed by atoms with Crippen molar-refractivity contribution in [3.63, 3.8) is 0 Å². The fourth-order valence-corrected chi connectivity index (χ4v) is 2.38. The average molecular weight is 304 g/mol. The van der Waals surface area contributed by atoms with Crippen LogP contribution in [0.4, 0.5) is 0 Å². The minimum Gasteiger partial charge on any atom is -0.478 e. The molecule has 0 aliphatic rings. The maximum absolute atomic E-state index is 10.6. The first-order valence-corrected chi connectivity index (χ1v) is 8.19. The molecular weight excluding hydrogens is 272 g/mol. The summed E-state index contributed by atoms with van der Waals surface area (Å²) in [5.41, 5.74) is 2.16. The van der Waals surface area contributed by atoms with Gasteiger partial charge < -0.3 is 5.11 Å². The molecule has 0 spiro atoms. The van der Waals surface area contributed by atoms with Crippen LogP contribution in [0.3, 0.4) is 0 Å². The number of aliphatic carboxylic acids is 1. The van der Waals surface area contributed by atoms with E-state index in [-0.39, 0.29) is 0 Å². The van der Waals surface area contributed by atoms with Gasteiger partial charge in [0.1, 0.15) is 0 Å². The zero-order valence-electron chi connectivity index (χ0n) is 14.6. The molecule has 0 aromatic carbocycles. The standard InChI is InChI=1S/C20H32O2/c1-16(2)11-9-7-6-8-10-12-17(3)13-18(4)14-19(5)15-20(21)22/h6-9,15-16,18H,3,10-14H2,1-2,4-5H3,(H,21,22)/b8-6+,9-7+,19-15+/t18-/m1/s1. The summed E-state index contributed by atoms with van der Waals surface area (Å²) in [7, 11) is 0. The van der Waals surface area contributed by atoms with Gasteiger partial charge in [0.15, 0.2) is 0 Å². The van der Waals surface area contributed by atoms with Gasteiger partial charge in [-0.1, -0.05) is 62.8 Å². The predicted octanol–water partition coefficient (Wildman–Crippen LogP) is 5.93. The summed E-state index contributed by atoms with van der Waals surface area (Å²) >= 11 is 0. The van der Waals surface area contributed by atoms with E-state index in [0.717, 1.165) is 37.7 Å². The molecule has 2 heteroatoms. The second kappa shape index (κ2) is 12.0. The van der Waals surface area contributed by atoms with Crippen molar-refractivity contribution < 1.29 is 9.90 Å². The third-order valence-electron chi connectivity index (χ3n) is 3.33. The average Bonchev–Trinajstić information content (AvgIpc) is 2.35. The van der Waals surface area contributed by atoms with Crippen LogP contribution in [0.25, 0.3) is 0 Å². The maximum atomic E-state index is 10.6. The Hall–Kier alpha value is -1.57. The van der Waals surface area contributed by atoms with E-state index in [4.69, 9.17) is 5.11 Å². The third-order valence-corrected chi connectivity index (χ3v) is 3.33. The van der Waals surface area contributed by atoms with E-state index in [1.807, 2.05) is 6.92 Å². The normalized spacial score (nSPS) is 14.1. The van der Waals surface area contributed by atoms with Gasteiger partial charge in [0, 0.05) is 6.08 Å². The summed E-state index contributed by atoms with van der Waals surface area (Å²) in [6, 6.07) is 0. The first-order valence-electron chi connectivity index (χ1n) is 8.19. The number of hydrogen-bond donors (Lipinski definition) is 1. The van der Waals surface area contributed by atoms with Crippen LogP contribution >= 0.6 is 0 Å². The molecule has 0 aliphatic heterocycles. The lowest BCUT2D eigenvalue weighted by molar-refractivity contribution is -0.131. The largest absolute Gasteiger partial charge is 0.478 e. The van der Waals surface area contributed by atoms with Gasteiger partial charge in [-0.05, 0) is 50.9 Å². The lowest BCUT2D eigenvalue weighted by atomic mass is 9.93. The number of carboxylic acid groups (broad SMARTS) is 1. The maximum Gasteiger partial charge on any atom is 0.328 e. The second-order valence-electron chi connectivity index (χ2n) is 6.62. The summed E-state index contributed by atoms with van der Waals surface area (Å²) in [4.78, 5) is 10.6. The van der Waals surface area contributed by atoms with E-state index < -0.39 is 5.97 Å². The number of hydrogen-bond acceptors (Lipinski definition) is 1. The molecule has 0 amide bonds. The van der Waals surface area contributed by atoms with E-state index in [9.17, 15) is 4.79 Å². The zero-order chi connectivity index (χ0) is 17.0. The van der Waals surface area contributed by atoms with E-state index in [1.165, 1.54) is 11.6 Å². The number of carbonyl (C=O) groups is 1. The first kappa shape index (κ1) is 20.4. The second-order valence-corrected chi connectivity index (χ2v) is 6.62. The van der Waals surface area contributed by atoms with Crippen molar-refractivity contribution in [2.75, 3.05) is 0 Å². The highest BCUT2D eigenvalue weighted by Crippen LogP contribution is 2.21. The molecule has 0 aliphatic carbocycles. The molecule has 22 heavy (non-hydrogen) atoms. The highest BCUT2D eigenvalue weighted by Gasteiger charge is 2.06. The molecule has 0 saturated heterocycles. The van der Waals surface area contributed by atoms with Crippen LogP contribution in [-0.2, 0) is 4.79 Å². The van der Waals surface area contributed by atoms with Gasteiger partial charge in [0.05, 0.1) is 0 Å². The van der Waals surface area contributed by atoms with Crippen LogP contribution in [0.2, 0.25) is 0 Å². The van der Waals surface area contributed by atoms with Gasteiger partial charge >= 0.3 is 5.97 Å². The summed E-state index contributed by atoms with van der Waals surface area (Å²) in [5, 5.41) is 8.71. The van der Waals surface area contributed by atoms with Crippen molar-refractivity contribution in [2.45, 2.75) is 59.8 Å². The van der Waals surface area contributed by atoms with E-state index >= 15 is 0 Å². The van der Waals surface area contributed by atoms with Crippen LogP contribution < -0.4 is 0 Å². The fourth-order valence-electron chi connectivity index (χ4n) is 2.38. The van der Waals surface area contributed by atoms with Crippen LogP contribution in [0, 0.1) is 11.8 Å². The Morgan fingerprint density at radius 1 is 1.14 bits per heavy atom. The van der Waals surface area contributed by atoms with E-state index in [1.54, 1.807) is 0 Å². The van der Waals surface area contributed by atoms with Gasteiger partial charge in [-0.25, -0.2) is 4.79 Å². The molecule has 0 aromatic rings. The number of rotatable bonds is 11.